The third-order valence-corrected chi connectivity index (χ3v) is 7.89. The van der Waals surface area contributed by atoms with Gasteiger partial charge in [-0.3, -0.25) is 9.59 Å². The fourth-order valence-electron chi connectivity index (χ4n) is 5.14. The van der Waals surface area contributed by atoms with Crippen LogP contribution in [0.2, 0.25) is 0 Å². The maximum Gasteiger partial charge on any atom is 0.305 e. The summed E-state index contributed by atoms with van der Waals surface area (Å²) < 4.78 is 10.4. The molecule has 0 radical (unpaired) electrons. The van der Waals surface area contributed by atoms with Gasteiger partial charge in [-0.1, -0.05) is 141 Å². The molecule has 0 amide bonds. The van der Waals surface area contributed by atoms with E-state index in [4.69, 9.17) is 9.47 Å². The molecule has 0 unspecified atom stereocenters. The molecule has 0 aromatic carbocycles. The summed E-state index contributed by atoms with van der Waals surface area (Å²) >= 11 is 0. The fourth-order valence-corrected chi connectivity index (χ4v) is 5.14. The first-order chi connectivity index (χ1) is 20.7. The standard InChI is InChI=1S/C38H70O4/c1-3-5-7-9-11-13-15-17-19-21-23-25-27-29-31-33-37(39)41-35-36-42-38(40)34-32-30-28-26-24-22-20-18-16-14-12-10-8-6-4-2/h17-20H,3-16,21-36H2,1-2H3/b19-17+,20-18+. The van der Waals surface area contributed by atoms with Crippen LogP contribution in [0.3, 0.4) is 0 Å². The summed E-state index contributed by atoms with van der Waals surface area (Å²) in [6.07, 6.45) is 42.7. The molecule has 4 nitrogen and oxygen atoms in total. The number of hydrogen-bond acceptors (Lipinski definition) is 4. The van der Waals surface area contributed by atoms with Crippen molar-refractivity contribution < 1.29 is 19.1 Å². The second-order valence-electron chi connectivity index (χ2n) is 12.1. The molecule has 246 valence electrons. The van der Waals surface area contributed by atoms with Crippen molar-refractivity contribution in [2.75, 3.05) is 13.2 Å². The lowest BCUT2D eigenvalue weighted by Gasteiger charge is -2.07. The minimum absolute atomic E-state index is 0.169. The minimum Gasteiger partial charge on any atom is -0.462 e. The van der Waals surface area contributed by atoms with E-state index in [1.807, 2.05) is 0 Å². The number of unbranched alkanes of at least 4 members (excludes halogenated alkanes) is 22. The zero-order valence-corrected chi connectivity index (χ0v) is 28.2. The van der Waals surface area contributed by atoms with Gasteiger partial charge in [0, 0.05) is 12.8 Å². The highest BCUT2D eigenvalue weighted by molar-refractivity contribution is 5.70. The predicted molar refractivity (Wildman–Crippen MR) is 181 cm³/mol. The van der Waals surface area contributed by atoms with Crippen molar-refractivity contribution in [3.63, 3.8) is 0 Å². The molecule has 0 aliphatic carbocycles. The van der Waals surface area contributed by atoms with Crippen LogP contribution >= 0.6 is 0 Å². The van der Waals surface area contributed by atoms with Gasteiger partial charge < -0.3 is 9.47 Å². The Morgan fingerprint density at radius 2 is 0.643 bits per heavy atom. The van der Waals surface area contributed by atoms with Gasteiger partial charge in [-0.15, -0.1) is 0 Å². The second kappa shape index (κ2) is 35.6. The van der Waals surface area contributed by atoms with E-state index in [-0.39, 0.29) is 25.2 Å². The van der Waals surface area contributed by atoms with E-state index in [2.05, 4.69) is 38.2 Å². The lowest BCUT2D eigenvalue weighted by molar-refractivity contribution is -0.152. The normalized spacial score (nSPS) is 11.6. The number of ether oxygens (including phenoxy) is 2. The SMILES string of the molecule is CCCCCCCC/C=C/CCCCCCCC(=O)OCCOC(=O)CCCCCCC/C=C/CCCCCCCC. The molecular weight excluding hydrogens is 520 g/mol. The van der Waals surface area contributed by atoms with Gasteiger partial charge in [0.1, 0.15) is 13.2 Å². The Hall–Kier alpha value is -1.58. The van der Waals surface area contributed by atoms with Gasteiger partial charge in [-0.05, 0) is 64.2 Å². The first kappa shape index (κ1) is 40.4. The number of rotatable bonds is 33. The summed E-state index contributed by atoms with van der Waals surface area (Å²) in [5.41, 5.74) is 0. The topological polar surface area (TPSA) is 52.6 Å². The highest BCUT2D eigenvalue weighted by Gasteiger charge is 2.05. The van der Waals surface area contributed by atoms with Crippen LogP contribution in [0.5, 0.6) is 0 Å². The van der Waals surface area contributed by atoms with Crippen LogP contribution in [0, 0.1) is 0 Å². The van der Waals surface area contributed by atoms with Gasteiger partial charge in [-0.25, -0.2) is 0 Å². The van der Waals surface area contributed by atoms with Crippen molar-refractivity contribution in [3.05, 3.63) is 24.3 Å². The largest absolute Gasteiger partial charge is 0.462 e. The van der Waals surface area contributed by atoms with Gasteiger partial charge in [0.25, 0.3) is 0 Å². The molecule has 0 aromatic rings. The summed E-state index contributed by atoms with van der Waals surface area (Å²) in [6.45, 7) is 4.87. The van der Waals surface area contributed by atoms with E-state index < -0.39 is 0 Å². The molecule has 0 rings (SSSR count). The summed E-state index contributed by atoms with van der Waals surface area (Å²) in [7, 11) is 0. The number of carbonyl (C=O) groups is 2. The van der Waals surface area contributed by atoms with Crippen LogP contribution < -0.4 is 0 Å². The van der Waals surface area contributed by atoms with Gasteiger partial charge in [0.05, 0.1) is 0 Å². The molecule has 0 aliphatic heterocycles. The lowest BCUT2D eigenvalue weighted by atomic mass is 10.1. The molecule has 4 heteroatoms. The van der Waals surface area contributed by atoms with Gasteiger partial charge >= 0.3 is 11.9 Å². The molecule has 0 aliphatic rings. The van der Waals surface area contributed by atoms with Crippen LogP contribution in [-0.2, 0) is 19.1 Å². The highest BCUT2D eigenvalue weighted by atomic mass is 16.6. The van der Waals surface area contributed by atoms with E-state index in [1.165, 1.54) is 141 Å². The Labute approximate surface area is 261 Å². The van der Waals surface area contributed by atoms with Crippen LogP contribution in [0.15, 0.2) is 24.3 Å². The number of esters is 2. The molecule has 0 saturated heterocycles. The van der Waals surface area contributed by atoms with Crippen molar-refractivity contribution in [1.29, 1.82) is 0 Å². The zero-order valence-electron chi connectivity index (χ0n) is 28.2. The van der Waals surface area contributed by atoms with Gasteiger partial charge in [-0.2, -0.15) is 0 Å². The van der Waals surface area contributed by atoms with Crippen molar-refractivity contribution in [2.45, 2.75) is 194 Å². The summed E-state index contributed by atoms with van der Waals surface area (Å²) in [5.74, 6) is -0.359. The summed E-state index contributed by atoms with van der Waals surface area (Å²) in [6, 6.07) is 0. The lowest BCUT2D eigenvalue weighted by Crippen LogP contribution is -2.13. The minimum atomic E-state index is -0.180. The number of hydrogen-bond donors (Lipinski definition) is 0. The van der Waals surface area contributed by atoms with E-state index in [1.54, 1.807) is 0 Å². The van der Waals surface area contributed by atoms with E-state index >= 15 is 0 Å². The molecule has 0 bridgehead atoms. The van der Waals surface area contributed by atoms with Crippen molar-refractivity contribution in [2.24, 2.45) is 0 Å². The van der Waals surface area contributed by atoms with Crippen LogP contribution in [0.1, 0.15) is 194 Å². The van der Waals surface area contributed by atoms with Crippen LogP contribution in [0.4, 0.5) is 0 Å². The Kier molecular flexibility index (Phi) is 34.3. The second-order valence-corrected chi connectivity index (χ2v) is 12.1. The van der Waals surface area contributed by atoms with Crippen molar-refractivity contribution in [3.8, 4) is 0 Å². The molecule has 0 atom stereocenters. The third kappa shape index (κ3) is 34.6. The molecule has 0 heterocycles. The first-order valence-corrected chi connectivity index (χ1v) is 18.3. The number of allylic oxidation sites excluding steroid dienone is 4. The van der Waals surface area contributed by atoms with E-state index in [0.717, 1.165) is 25.7 Å². The fraction of sp³-hybridized carbons (Fsp3) is 0.842. The molecule has 0 fully saturated rings. The smallest absolute Gasteiger partial charge is 0.305 e. The number of carbonyl (C=O) groups excluding carboxylic acids is 2. The Balaban J connectivity index is 3.34. The maximum atomic E-state index is 11.9. The zero-order chi connectivity index (χ0) is 30.6. The average Bonchev–Trinajstić information content (AvgIpc) is 2.99. The molecule has 0 saturated carbocycles. The predicted octanol–water partition coefficient (Wildman–Crippen LogP) is 12.1. The highest BCUT2D eigenvalue weighted by Crippen LogP contribution is 2.12. The molecular formula is C38H70O4. The molecule has 0 aromatic heterocycles. The quantitative estimate of drug-likeness (QED) is 0.0433. The summed E-state index contributed by atoms with van der Waals surface area (Å²) in [5, 5.41) is 0. The van der Waals surface area contributed by atoms with Crippen LogP contribution in [0.25, 0.3) is 0 Å². The Bertz CT molecular complexity index is 571. The first-order valence-electron chi connectivity index (χ1n) is 18.3. The molecule has 0 spiro atoms. The Morgan fingerprint density at radius 3 is 0.952 bits per heavy atom. The van der Waals surface area contributed by atoms with Crippen LogP contribution in [-0.4, -0.2) is 25.2 Å². The summed E-state index contributed by atoms with van der Waals surface area (Å²) in [4.78, 5) is 23.7. The Morgan fingerprint density at radius 1 is 0.381 bits per heavy atom. The molecule has 0 N–H and O–H groups in total. The van der Waals surface area contributed by atoms with Gasteiger partial charge in [0.15, 0.2) is 0 Å². The van der Waals surface area contributed by atoms with Crippen molar-refractivity contribution >= 4 is 11.9 Å². The van der Waals surface area contributed by atoms with Crippen molar-refractivity contribution in [1.82, 2.24) is 0 Å². The average molecular weight is 591 g/mol. The third-order valence-electron chi connectivity index (χ3n) is 7.89. The molecule has 42 heavy (non-hydrogen) atoms. The van der Waals surface area contributed by atoms with E-state index in [9.17, 15) is 9.59 Å². The van der Waals surface area contributed by atoms with E-state index in [0.29, 0.717) is 12.8 Å². The van der Waals surface area contributed by atoms with Gasteiger partial charge in [0.2, 0.25) is 0 Å². The maximum absolute atomic E-state index is 11.9. The monoisotopic (exact) mass is 591 g/mol.